The Morgan fingerprint density at radius 2 is 2.21 bits per heavy atom. The van der Waals surface area contributed by atoms with Gasteiger partial charge in [-0.1, -0.05) is 13.8 Å². The highest BCUT2D eigenvalue weighted by Crippen LogP contribution is 2.36. The Bertz CT molecular complexity index is 162. The van der Waals surface area contributed by atoms with E-state index < -0.39 is 0 Å². The summed E-state index contributed by atoms with van der Waals surface area (Å²) in [5, 5.41) is 3.32. The van der Waals surface area contributed by atoms with Gasteiger partial charge in [0.15, 0.2) is 0 Å². The van der Waals surface area contributed by atoms with Crippen LogP contribution in [0, 0.1) is 11.3 Å². The summed E-state index contributed by atoms with van der Waals surface area (Å²) in [6.45, 7) is 8.93. The van der Waals surface area contributed by atoms with E-state index in [0.717, 1.165) is 19.1 Å². The van der Waals surface area contributed by atoms with Gasteiger partial charge in [0.05, 0.1) is 0 Å². The fourth-order valence-corrected chi connectivity index (χ4v) is 2.41. The lowest BCUT2D eigenvalue weighted by molar-refractivity contribution is -0.00182. The van der Waals surface area contributed by atoms with Crippen LogP contribution in [-0.2, 0) is 4.74 Å². The Hall–Kier alpha value is -0.0800. The maximum absolute atomic E-state index is 5.56. The maximum atomic E-state index is 5.56. The van der Waals surface area contributed by atoms with Crippen molar-refractivity contribution in [3.8, 4) is 0 Å². The molecule has 1 heterocycles. The Morgan fingerprint density at radius 1 is 1.50 bits per heavy atom. The summed E-state index contributed by atoms with van der Waals surface area (Å²) in [7, 11) is 2.04. The molecule has 0 aromatic heterocycles. The molecule has 14 heavy (non-hydrogen) atoms. The Morgan fingerprint density at radius 3 is 2.71 bits per heavy atom. The minimum absolute atomic E-state index is 0.406. The summed E-state index contributed by atoms with van der Waals surface area (Å²) in [5.74, 6) is 0.743. The number of hydrogen-bond acceptors (Lipinski definition) is 2. The lowest BCUT2D eigenvalue weighted by atomic mass is 9.72. The van der Waals surface area contributed by atoms with Gasteiger partial charge in [0.25, 0.3) is 0 Å². The summed E-state index contributed by atoms with van der Waals surface area (Å²) < 4.78 is 5.56. The quantitative estimate of drug-likeness (QED) is 0.751. The van der Waals surface area contributed by atoms with Crippen molar-refractivity contribution in [2.45, 2.75) is 46.1 Å². The van der Waals surface area contributed by atoms with Crippen LogP contribution in [-0.4, -0.2) is 26.3 Å². The second-order valence-electron chi connectivity index (χ2n) is 5.30. The standard InChI is InChI=1S/C12H25NO/c1-10(13-4)8-12(2,3)11-6-5-7-14-9-11/h10-11,13H,5-9H2,1-4H3. The zero-order chi connectivity index (χ0) is 10.6. The van der Waals surface area contributed by atoms with Crippen molar-refractivity contribution in [1.82, 2.24) is 5.32 Å². The number of ether oxygens (including phenoxy) is 1. The van der Waals surface area contributed by atoms with Crippen molar-refractivity contribution in [2.24, 2.45) is 11.3 Å². The molecule has 2 atom stereocenters. The average Bonchev–Trinajstić information content (AvgIpc) is 2.18. The second-order valence-corrected chi connectivity index (χ2v) is 5.30. The van der Waals surface area contributed by atoms with E-state index in [9.17, 15) is 0 Å². The van der Waals surface area contributed by atoms with E-state index in [0.29, 0.717) is 11.5 Å². The predicted molar refractivity (Wildman–Crippen MR) is 60.5 cm³/mol. The highest BCUT2D eigenvalue weighted by molar-refractivity contribution is 4.83. The zero-order valence-electron chi connectivity index (χ0n) is 10.1. The van der Waals surface area contributed by atoms with E-state index >= 15 is 0 Å². The van der Waals surface area contributed by atoms with Gasteiger partial charge in [-0.05, 0) is 44.6 Å². The molecular weight excluding hydrogens is 174 g/mol. The molecule has 0 aromatic carbocycles. The van der Waals surface area contributed by atoms with Gasteiger partial charge in [0.2, 0.25) is 0 Å². The van der Waals surface area contributed by atoms with Gasteiger partial charge >= 0.3 is 0 Å². The molecule has 1 fully saturated rings. The van der Waals surface area contributed by atoms with E-state index in [4.69, 9.17) is 4.74 Å². The number of nitrogens with one attached hydrogen (secondary N) is 1. The van der Waals surface area contributed by atoms with Crippen LogP contribution in [0.4, 0.5) is 0 Å². The van der Waals surface area contributed by atoms with Crippen LogP contribution in [0.15, 0.2) is 0 Å². The number of rotatable bonds is 4. The highest BCUT2D eigenvalue weighted by Gasteiger charge is 2.32. The molecule has 0 amide bonds. The molecule has 1 N–H and O–H groups in total. The first kappa shape index (κ1) is 12.0. The lowest BCUT2D eigenvalue weighted by Crippen LogP contribution is -2.37. The summed E-state index contributed by atoms with van der Waals surface area (Å²) in [6, 6.07) is 0.604. The first-order valence-electron chi connectivity index (χ1n) is 5.81. The fraction of sp³-hybridized carbons (Fsp3) is 1.00. The van der Waals surface area contributed by atoms with Crippen LogP contribution < -0.4 is 5.32 Å². The van der Waals surface area contributed by atoms with E-state index in [1.54, 1.807) is 0 Å². The topological polar surface area (TPSA) is 21.3 Å². The molecule has 1 aliphatic heterocycles. The van der Waals surface area contributed by atoms with Gasteiger partial charge in [-0.15, -0.1) is 0 Å². The largest absolute Gasteiger partial charge is 0.381 e. The van der Waals surface area contributed by atoms with Crippen molar-refractivity contribution >= 4 is 0 Å². The van der Waals surface area contributed by atoms with Crippen LogP contribution in [0.1, 0.15) is 40.0 Å². The third-order valence-corrected chi connectivity index (χ3v) is 3.59. The Labute approximate surface area is 88.4 Å². The molecule has 0 radical (unpaired) electrons. The van der Waals surface area contributed by atoms with E-state index in [-0.39, 0.29) is 0 Å². The van der Waals surface area contributed by atoms with Crippen LogP contribution >= 0.6 is 0 Å². The molecule has 84 valence electrons. The van der Waals surface area contributed by atoms with Gasteiger partial charge in [-0.25, -0.2) is 0 Å². The molecular formula is C12H25NO. The molecule has 2 unspecified atom stereocenters. The normalized spacial score (nSPS) is 26.1. The summed E-state index contributed by atoms with van der Waals surface area (Å²) in [6.07, 6.45) is 3.81. The predicted octanol–water partition coefficient (Wildman–Crippen LogP) is 2.44. The first-order valence-corrected chi connectivity index (χ1v) is 5.81. The molecule has 0 saturated carbocycles. The molecule has 1 rings (SSSR count). The minimum Gasteiger partial charge on any atom is -0.381 e. The molecule has 0 spiro atoms. The lowest BCUT2D eigenvalue weighted by Gasteiger charge is -2.38. The molecule has 0 bridgehead atoms. The van der Waals surface area contributed by atoms with E-state index in [2.05, 4.69) is 26.1 Å². The Balaban J connectivity index is 2.45. The summed E-state index contributed by atoms with van der Waals surface area (Å²) in [4.78, 5) is 0. The second kappa shape index (κ2) is 5.13. The SMILES string of the molecule is CNC(C)CC(C)(C)C1CCCOC1. The molecule has 0 aliphatic carbocycles. The van der Waals surface area contributed by atoms with Gasteiger partial charge < -0.3 is 10.1 Å². The van der Waals surface area contributed by atoms with Crippen molar-refractivity contribution in [1.29, 1.82) is 0 Å². The minimum atomic E-state index is 0.406. The smallest absolute Gasteiger partial charge is 0.0499 e. The van der Waals surface area contributed by atoms with Crippen LogP contribution in [0.3, 0.4) is 0 Å². The molecule has 2 nitrogen and oxygen atoms in total. The van der Waals surface area contributed by atoms with Gasteiger partial charge in [-0.3, -0.25) is 0 Å². The van der Waals surface area contributed by atoms with Gasteiger partial charge in [0, 0.05) is 19.3 Å². The number of hydrogen-bond donors (Lipinski definition) is 1. The van der Waals surface area contributed by atoms with Crippen LogP contribution in [0.25, 0.3) is 0 Å². The van der Waals surface area contributed by atoms with Crippen LogP contribution in [0.2, 0.25) is 0 Å². The van der Waals surface area contributed by atoms with Gasteiger partial charge in [0.1, 0.15) is 0 Å². The van der Waals surface area contributed by atoms with Gasteiger partial charge in [-0.2, -0.15) is 0 Å². The molecule has 2 heteroatoms. The van der Waals surface area contributed by atoms with Crippen molar-refractivity contribution in [3.63, 3.8) is 0 Å². The maximum Gasteiger partial charge on any atom is 0.0499 e. The van der Waals surface area contributed by atoms with Crippen molar-refractivity contribution in [2.75, 3.05) is 20.3 Å². The van der Waals surface area contributed by atoms with E-state index in [1.807, 2.05) is 7.05 Å². The zero-order valence-corrected chi connectivity index (χ0v) is 10.1. The van der Waals surface area contributed by atoms with Crippen molar-refractivity contribution in [3.05, 3.63) is 0 Å². The first-order chi connectivity index (χ1) is 6.56. The third-order valence-electron chi connectivity index (χ3n) is 3.59. The monoisotopic (exact) mass is 199 g/mol. The van der Waals surface area contributed by atoms with Crippen molar-refractivity contribution < 1.29 is 4.74 Å². The van der Waals surface area contributed by atoms with E-state index in [1.165, 1.54) is 19.3 Å². The summed E-state index contributed by atoms with van der Waals surface area (Å²) in [5.41, 5.74) is 0.406. The fourth-order valence-electron chi connectivity index (χ4n) is 2.41. The highest BCUT2D eigenvalue weighted by atomic mass is 16.5. The molecule has 0 aromatic rings. The third kappa shape index (κ3) is 3.25. The van der Waals surface area contributed by atoms with Crippen LogP contribution in [0.5, 0.6) is 0 Å². The summed E-state index contributed by atoms with van der Waals surface area (Å²) >= 11 is 0. The molecule has 1 aliphatic rings. The molecule has 1 saturated heterocycles. The average molecular weight is 199 g/mol. The Kier molecular flexibility index (Phi) is 4.39.